The van der Waals surface area contributed by atoms with Gasteiger partial charge in [0.2, 0.25) is 0 Å². The molecule has 1 N–H and O–H groups in total. The van der Waals surface area contributed by atoms with Crippen molar-refractivity contribution < 1.29 is 28.6 Å². The van der Waals surface area contributed by atoms with E-state index in [1.54, 1.807) is 35.2 Å². The normalized spacial score (nSPS) is 20.8. The molecular formula is C20H19ClN2O6. The Bertz CT molecular complexity index is 936. The molecule has 2 amide bonds. The van der Waals surface area contributed by atoms with Crippen molar-refractivity contribution in [3.05, 3.63) is 59.0 Å². The number of hydrogen-bond acceptors (Lipinski definition) is 5. The van der Waals surface area contributed by atoms with Crippen LogP contribution in [0.15, 0.2) is 47.1 Å². The summed E-state index contributed by atoms with van der Waals surface area (Å²) in [5, 5.41) is 9.95. The van der Waals surface area contributed by atoms with Crippen molar-refractivity contribution in [2.24, 2.45) is 0 Å². The fraction of sp³-hybridized carbons (Fsp3) is 0.350. The van der Waals surface area contributed by atoms with Gasteiger partial charge >= 0.3 is 5.97 Å². The molecule has 9 heteroatoms. The van der Waals surface area contributed by atoms with Crippen LogP contribution in [0.5, 0.6) is 0 Å². The highest BCUT2D eigenvalue weighted by Crippen LogP contribution is 2.39. The number of carbonyl (C=O) groups is 3. The molecule has 29 heavy (non-hydrogen) atoms. The zero-order valence-electron chi connectivity index (χ0n) is 15.4. The van der Waals surface area contributed by atoms with Gasteiger partial charge in [0, 0.05) is 25.9 Å². The Morgan fingerprint density at radius 2 is 1.79 bits per heavy atom. The number of likely N-dealkylation sites (tertiary alicyclic amines) is 1. The van der Waals surface area contributed by atoms with Gasteiger partial charge in [0.25, 0.3) is 11.8 Å². The molecule has 0 radical (unpaired) electrons. The van der Waals surface area contributed by atoms with E-state index in [1.165, 1.54) is 17.2 Å². The van der Waals surface area contributed by atoms with Crippen molar-refractivity contribution in [3.63, 3.8) is 0 Å². The smallest absolute Gasteiger partial charge is 0.328 e. The molecule has 8 nitrogen and oxygen atoms in total. The molecule has 1 aromatic heterocycles. The van der Waals surface area contributed by atoms with Crippen molar-refractivity contribution >= 4 is 29.4 Å². The van der Waals surface area contributed by atoms with Crippen LogP contribution in [0, 0.1) is 0 Å². The van der Waals surface area contributed by atoms with Gasteiger partial charge in [-0.15, -0.1) is 0 Å². The maximum Gasteiger partial charge on any atom is 0.328 e. The van der Waals surface area contributed by atoms with E-state index in [9.17, 15) is 19.5 Å². The summed E-state index contributed by atoms with van der Waals surface area (Å²) in [7, 11) is 0. The largest absolute Gasteiger partial charge is 0.480 e. The van der Waals surface area contributed by atoms with Crippen LogP contribution in [0.1, 0.15) is 33.8 Å². The summed E-state index contributed by atoms with van der Waals surface area (Å²) in [5.41, 5.74) is -0.686. The number of nitrogens with zero attached hydrogens (tertiary/aromatic N) is 2. The fourth-order valence-electron chi connectivity index (χ4n) is 3.94. The Labute approximate surface area is 171 Å². The molecule has 1 unspecified atom stereocenters. The van der Waals surface area contributed by atoms with E-state index in [0.717, 1.165) is 0 Å². The first-order valence-corrected chi connectivity index (χ1v) is 9.58. The minimum absolute atomic E-state index is 0.0516. The molecule has 1 atom stereocenters. The van der Waals surface area contributed by atoms with E-state index in [1.807, 2.05) is 0 Å². The topological polar surface area (TPSA) is 100 Å². The lowest BCUT2D eigenvalue weighted by Gasteiger charge is -2.44. The van der Waals surface area contributed by atoms with Gasteiger partial charge in [-0.1, -0.05) is 23.7 Å². The number of carboxylic acids is 1. The Kier molecular flexibility index (Phi) is 5.06. The summed E-state index contributed by atoms with van der Waals surface area (Å²) in [5.74, 6) is -1.83. The minimum Gasteiger partial charge on any atom is -0.480 e. The molecule has 2 aliphatic rings. The van der Waals surface area contributed by atoms with Crippen molar-refractivity contribution in [2.45, 2.75) is 24.6 Å². The van der Waals surface area contributed by atoms with E-state index >= 15 is 0 Å². The van der Waals surface area contributed by atoms with Crippen LogP contribution in [0.4, 0.5) is 0 Å². The predicted molar refractivity (Wildman–Crippen MR) is 102 cm³/mol. The van der Waals surface area contributed by atoms with Crippen molar-refractivity contribution in [1.29, 1.82) is 0 Å². The van der Waals surface area contributed by atoms with E-state index in [0.29, 0.717) is 36.5 Å². The van der Waals surface area contributed by atoms with E-state index in [-0.39, 0.29) is 18.3 Å². The zero-order valence-corrected chi connectivity index (χ0v) is 16.2. The molecule has 1 aromatic carbocycles. The van der Waals surface area contributed by atoms with Crippen LogP contribution in [0.2, 0.25) is 5.02 Å². The van der Waals surface area contributed by atoms with Gasteiger partial charge in [0.1, 0.15) is 5.72 Å². The van der Waals surface area contributed by atoms with Crippen LogP contribution in [-0.4, -0.2) is 64.2 Å². The van der Waals surface area contributed by atoms with Crippen LogP contribution >= 0.6 is 11.6 Å². The van der Waals surface area contributed by atoms with Gasteiger partial charge in [-0.3, -0.25) is 14.5 Å². The number of furan rings is 1. The third-order valence-electron chi connectivity index (χ3n) is 5.43. The molecule has 2 fully saturated rings. The number of carbonyl (C=O) groups excluding carboxylic acids is 2. The van der Waals surface area contributed by atoms with Crippen molar-refractivity contribution in [1.82, 2.24) is 9.80 Å². The van der Waals surface area contributed by atoms with Crippen LogP contribution in [0.3, 0.4) is 0 Å². The maximum absolute atomic E-state index is 13.0. The second-order valence-electron chi connectivity index (χ2n) is 7.04. The number of hydrogen-bond donors (Lipinski definition) is 1. The SMILES string of the molecule is O=C(O)C1COC2(CCN(C(=O)c3ccccc3Cl)CC2)N1C(=O)c1ccco1. The average Bonchev–Trinajstić information content (AvgIpc) is 3.37. The summed E-state index contributed by atoms with van der Waals surface area (Å²) < 4.78 is 11.0. The monoisotopic (exact) mass is 418 g/mol. The van der Waals surface area contributed by atoms with Crippen LogP contribution in [0.25, 0.3) is 0 Å². The lowest BCUT2D eigenvalue weighted by Crippen LogP contribution is -2.58. The summed E-state index contributed by atoms with van der Waals surface area (Å²) in [6.45, 7) is 0.497. The molecule has 152 valence electrons. The number of carboxylic acid groups (broad SMARTS) is 1. The van der Waals surface area contributed by atoms with Crippen molar-refractivity contribution in [2.75, 3.05) is 19.7 Å². The third-order valence-corrected chi connectivity index (χ3v) is 5.76. The van der Waals surface area contributed by atoms with Gasteiger partial charge in [-0.25, -0.2) is 4.79 Å². The second-order valence-corrected chi connectivity index (χ2v) is 7.44. The number of piperidine rings is 1. The van der Waals surface area contributed by atoms with Crippen molar-refractivity contribution in [3.8, 4) is 0 Å². The summed E-state index contributed by atoms with van der Waals surface area (Å²) in [4.78, 5) is 40.4. The van der Waals surface area contributed by atoms with Gasteiger partial charge in [-0.05, 0) is 24.3 Å². The highest BCUT2D eigenvalue weighted by Gasteiger charge is 2.55. The summed E-state index contributed by atoms with van der Waals surface area (Å²) in [6.07, 6.45) is 1.94. The maximum atomic E-state index is 13.0. The average molecular weight is 419 g/mol. The molecule has 4 rings (SSSR count). The lowest BCUT2D eigenvalue weighted by molar-refractivity contribution is -0.143. The Balaban J connectivity index is 1.55. The quantitative estimate of drug-likeness (QED) is 0.821. The van der Waals surface area contributed by atoms with Gasteiger partial charge in [0.05, 0.1) is 23.5 Å². The van der Waals surface area contributed by atoms with E-state index in [2.05, 4.69) is 0 Å². The first-order valence-electron chi connectivity index (χ1n) is 9.21. The molecule has 2 saturated heterocycles. The summed E-state index contributed by atoms with van der Waals surface area (Å²) >= 11 is 6.13. The first-order chi connectivity index (χ1) is 13.9. The minimum atomic E-state index is -1.14. The highest BCUT2D eigenvalue weighted by molar-refractivity contribution is 6.33. The number of aliphatic carboxylic acids is 1. The number of amides is 2. The number of ether oxygens (including phenoxy) is 1. The highest BCUT2D eigenvalue weighted by atomic mass is 35.5. The second kappa shape index (κ2) is 7.53. The number of benzene rings is 1. The zero-order chi connectivity index (χ0) is 20.6. The number of rotatable bonds is 3. The van der Waals surface area contributed by atoms with E-state index in [4.69, 9.17) is 20.8 Å². The standard InChI is InChI=1S/C20H19ClN2O6/c21-14-5-2-1-4-13(14)17(24)22-9-7-20(8-10-22)23(15(12-29-20)19(26)27)18(25)16-6-3-11-28-16/h1-6,11,15H,7-10,12H2,(H,26,27). The van der Waals surface area contributed by atoms with Crippen LogP contribution in [-0.2, 0) is 9.53 Å². The molecule has 0 saturated carbocycles. The Hall–Kier alpha value is -2.84. The molecule has 2 aromatic rings. The fourth-order valence-corrected chi connectivity index (χ4v) is 4.16. The Morgan fingerprint density at radius 3 is 2.41 bits per heavy atom. The van der Waals surface area contributed by atoms with Gasteiger partial charge in [0.15, 0.2) is 11.8 Å². The van der Waals surface area contributed by atoms with E-state index < -0.39 is 23.6 Å². The molecule has 0 bridgehead atoms. The third kappa shape index (κ3) is 3.38. The predicted octanol–water partition coefficient (Wildman–Crippen LogP) is 2.49. The van der Waals surface area contributed by atoms with Gasteiger partial charge < -0.3 is 19.2 Å². The Morgan fingerprint density at radius 1 is 1.07 bits per heavy atom. The molecule has 2 aliphatic heterocycles. The number of halogens is 1. The summed E-state index contributed by atoms with van der Waals surface area (Å²) in [6, 6.07) is 8.75. The molecular weight excluding hydrogens is 400 g/mol. The molecule has 0 aliphatic carbocycles. The molecule has 3 heterocycles. The lowest BCUT2D eigenvalue weighted by atomic mass is 9.96. The van der Waals surface area contributed by atoms with Gasteiger partial charge in [-0.2, -0.15) is 0 Å². The first kappa shape index (κ1) is 19.5. The molecule has 1 spiro atoms. The van der Waals surface area contributed by atoms with Crippen LogP contribution < -0.4 is 0 Å².